The van der Waals surface area contributed by atoms with Crippen LogP contribution in [0.5, 0.6) is 11.5 Å². The van der Waals surface area contributed by atoms with E-state index in [0.29, 0.717) is 13.0 Å². The van der Waals surface area contributed by atoms with Crippen LogP contribution < -0.4 is 4.74 Å². The monoisotopic (exact) mass is 252 g/mol. The first-order valence-electron chi connectivity index (χ1n) is 5.69. The van der Waals surface area contributed by atoms with Gasteiger partial charge in [0.25, 0.3) is 0 Å². The van der Waals surface area contributed by atoms with Crippen LogP contribution in [0.3, 0.4) is 0 Å². The number of aromatic hydroxyl groups is 1. The molecule has 1 N–H and O–H groups in total. The summed E-state index contributed by atoms with van der Waals surface area (Å²) < 4.78 is 9.58. The van der Waals surface area contributed by atoms with E-state index in [1.165, 1.54) is 19.1 Å². The molecule has 0 aliphatic rings. The van der Waals surface area contributed by atoms with E-state index in [1.807, 2.05) is 0 Å². The van der Waals surface area contributed by atoms with Crippen molar-refractivity contribution in [1.29, 1.82) is 0 Å². The summed E-state index contributed by atoms with van der Waals surface area (Å²) in [5.74, 6) is -0.778. The molecule has 0 radical (unpaired) electrons. The van der Waals surface area contributed by atoms with Crippen LogP contribution in [0, 0.1) is 0 Å². The molecule has 0 saturated carbocycles. The van der Waals surface area contributed by atoms with Gasteiger partial charge in [-0.15, -0.1) is 0 Å². The third kappa shape index (κ3) is 4.45. The fourth-order valence-corrected chi connectivity index (χ4v) is 1.44. The average Bonchev–Trinajstić information content (AvgIpc) is 2.29. The van der Waals surface area contributed by atoms with Gasteiger partial charge in [-0.05, 0) is 31.0 Å². The number of hydrogen-bond acceptors (Lipinski definition) is 5. The minimum absolute atomic E-state index is 0.113. The topological polar surface area (TPSA) is 72.8 Å². The molecule has 0 aromatic heterocycles. The van der Waals surface area contributed by atoms with Gasteiger partial charge in [0.05, 0.1) is 6.61 Å². The summed E-state index contributed by atoms with van der Waals surface area (Å²) >= 11 is 0. The van der Waals surface area contributed by atoms with Gasteiger partial charge in [-0.3, -0.25) is 9.59 Å². The van der Waals surface area contributed by atoms with Crippen molar-refractivity contribution in [2.45, 2.75) is 26.7 Å². The Morgan fingerprint density at radius 1 is 1.33 bits per heavy atom. The van der Waals surface area contributed by atoms with Gasteiger partial charge < -0.3 is 14.6 Å². The van der Waals surface area contributed by atoms with Crippen molar-refractivity contribution in [2.75, 3.05) is 6.61 Å². The zero-order chi connectivity index (χ0) is 13.5. The summed E-state index contributed by atoms with van der Waals surface area (Å²) in [7, 11) is 0. The van der Waals surface area contributed by atoms with E-state index in [0.717, 1.165) is 5.56 Å². The molecule has 18 heavy (non-hydrogen) atoms. The van der Waals surface area contributed by atoms with Gasteiger partial charge in [0, 0.05) is 13.3 Å². The van der Waals surface area contributed by atoms with Gasteiger partial charge in [0.1, 0.15) is 0 Å². The Morgan fingerprint density at radius 2 is 2.06 bits per heavy atom. The predicted molar refractivity (Wildman–Crippen MR) is 64.4 cm³/mol. The number of phenols is 1. The average molecular weight is 252 g/mol. The maximum absolute atomic E-state index is 11.2. The highest BCUT2D eigenvalue weighted by molar-refractivity contribution is 5.71. The van der Waals surface area contributed by atoms with Crippen LogP contribution in [0.15, 0.2) is 18.2 Å². The number of ether oxygens (including phenoxy) is 2. The third-order valence-electron chi connectivity index (χ3n) is 2.20. The van der Waals surface area contributed by atoms with Crippen LogP contribution in [-0.4, -0.2) is 23.7 Å². The summed E-state index contributed by atoms with van der Waals surface area (Å²) in [6.07, 6.45) is 0.715. The number of rotatable bonds is 5. The number of esters is 2. The second kappa shape index (κ2) is 6.64. The molecule has 0 amide bonds. The van der Waals surface area contributed by atoms with Gasteiger partial charge in [0.2, 0.25) is 0 Å². The Morgan fingerprint density at radius 3 is 2.61 bits per heavy atom. The molecule has 1 aromatic carbocycles. The van der Waals surface area contributed by atoms with Gasteiger partial charge in [0.15, 0.2) is 11.5 Å². The zero-order valence-electron chi connectivity index (χ0n) is 10.4. The van der Waals surface area contributed by atoms with Crippen molar-refractivity contribution >= 4 is 11.9 Å². The number of hydrogen-bond donors (Lipinski definition) is 1. The van der Waals surface area contributed by atoms with Crippen LogP contribution in [0.2, 0.25) is 0 Å². The lowest BCUT2D eigenvalue weighted by Gasteiger charge is -2.06. The molecule has 0 fully saturated rings. The molecule has 0 atom stereocenters. The standard InChI is InChI=1S/C13H16O5/c1-3-17-13(16)7-5-10-4-6-12(11(15)8-10)18-9(2)14/h4,6,8,15H,3,5,7H2,1-2H3. The lowest BCUT2D eigenvalue weighted by molar-refractivity contribution is -0.143. The van der Waals surface area contributed by atoms with Crippen LogP contribution in [0.1, 0.15) is 25.8 Å². The van der Waals surface area contributed by atoms with Crippen molar-refractivity contribution in [3.63, 3.8) is 0 Å². The number of carbonyl (C=O) groups excluding carboxylic acids is 2. The maximum Gasteiger partial charge on any atom is 0.308 e. The van der Waals surface area contributed by atoms with Gasteiger partial charge in [-0.2, -0.15) is 0 Å². The van der Waals surface area contributed by atoms with Crippen molar-refractivity contribution in [1.82, 2.24) is 0 Å². The Balaban J connectivity index is 2.61. The Labute approximate surface area is 105 Å². The van der Waals surface area contributed by atoms with Gasteiger partial charge >= 0.3 is 11.9 Å². The molecule has 0 aliphatic carbocycles. The SMILES string of the molecule is CCOC(=O)CCc1ccc(OC(C)=O)c(O)c1. The Bertz CT molecular complexity index is 439. The van der Waals surface area contributed by atoms with E-state index in [-0.39, 0.29) is 23.9 Å². The van der Waals surface area contributed by atoms with Gasteiger partial charge in [-0.25, -0.2) is 0 Å². The summed E-state index contributed by atoms with van der Waals surface area (Å²) in [4.78, 5) is 21.9. The molecule has 0 heterocycles. The normalized spacial score (nSPS) is 9.89. The first-order chi connectivity index (χ1) is 8.52. The van der Waals surface area contributed by atoms with Crippen LogP contribution in [0.25, 0.3) is 0 Å². The Hall–Kier alpha value is -2.04. The van der Waals surface area contributed by atoms with Crippen molar-refractivity contribution in [3.05, 3.63) is 23.8 Å². The molecule has 0 bridgehead atoms. The fourth-order valence-electron chi connectivity index (χ4n) is 1.44. The predicted octanol–water partition coefficient (Wildman–Crippen LogP) is 1.81. The molecule has 5 nitrogen and oxygen atoms in total. The minimum Gasteiger partial charge on any atom is -0.504 e. The molecule has 1 aromatic rings. The minimum atomic E-state index is -0.496. The largest absolute Gasteiger partial charge is 0.504 e. The lowest BCUT2D eigenvalue weighted by Crippen LogP contribution is -2.05. The summed E-state index contributed by atoms with van der Waals surface area (Å²) in [6.45, 7) is 3.36. The lowest BCUT2D eigenvalue weighted by atomic mass is 10.1. The molecule has 0 spiro atoms. The van der Waals surface area contributed by atoms with Crippen LogP contribution in [-0.2, 0) is 20.7 Å². The van der Waals surface area contributed by atoms with E-state index in [9.17, 15) is 14.7 Å². The first-order valence-corrected chi connectivity index (χ1v) is 5.69. The molecular weight excluding hydrogens is 236 g/mol. The summed E-state index contributed by atoms with van der Waals surface area (Å²) in [5.41, 5.74) is 0.774. The second-order valence-corrected chi connectivity index (χ2v) is 3.70. The zero-order valence-corrected chi connectivity index (χ0v) is 10.4. The van der Waals surface area contributed by atoms with E-state index in [4.69, 9.17) is 9.47 Å². The van der Waals surface area contributed by atoms with Crippen LogP contribution in [0.4, 0.5) is 0 Å². The highest BCUT2D eigenvalue weighted by Crippen LogP contribution is 2.27. The maximum atomic E-state index is 11.2. The molecule has 1 rings (SSSR count). The highest BCUT2D eigenvalue weighted by Gasteiger charge is 2.08. The molecule has 98 valence electrons. The van der Waals surface area contributed by atoms with Gasteiger partial charge in [-0.1, -0.05) is 6.07 Å². The van der Waals surface area contributed by atoms with E-state index in [2.05, 4.69) is 0 Å². The summed E-state index contributed by atoms with van der Waals surface area (Å²) in [6, 6.07) is 4.66. The number of aryl methyl sites for hydroxylation is 1. The number of benzene rings is 1. The van der Waals surface area contributed by atoms with E-state index < -0.39 is 5.97 Å². The fraction of sp³-hybridized carbons (Fsp3) is 0.385. The number of carbonyl (C=O) groups is 2. The number of phenolic OH excluding ortho intramolecular Hbond substituents is 1. The van der Waals surface area contributed by atoms with Crippen molar-refractivity contribution in [2.24, 2.45) is 0 Å². The quantitative estimate of drug-likeness (QED) is 0.639. The first kappa shape index (κ1) is 14.0. The molecule has 0 unspecified atom stereocenters. The molecule has 0 saturated heterocycles. The molecule has 5 heteroatoms. The smallest absolute Gasteiger partial charge is 0.308 e. The molecular formula is C13H16O5. The summed E-state index contributed by atoms with van der Waals surface area (Å²) in [5, 5.41) is 9.62. The Kier molecular flexibility index (Phi) is 5.17. The highest BCUT2D eigenvalue weighted by atomic mass is 16.5. The molecule has 0 aliphatic heterocycles. The van der Waals surface area contributed by atoms with E-state index in [1.54, 1.807) is 13.0 Å². The van der Waals surface area contributed by atoms with E-state index >= 15 is 0 Å². The second-order valence-electron chi connectivity index (χ2n) is 3.70. The third-order valence-corrected chi connectivity index (χ3v) is 2.20. The van der Waals surface area contributed by atoms with Crippen molar-refractivity contribution < 1.29 is 24.2 Å². The van der Waals surface area contributed by atoms with Crippen LogP contribution >= 0.6 is 0 Å². The van der Waals surface area contributed by atoms with Crippen molar-refractivity contribution in [3.8, 4) is 11.5 Å².